The summed E-state index contributed by atoms with van der Waals surface area (Å²) >= 11 is 0. The quantitative estimate of drug-likeness (QED) is 0.383. The Labute approximate surface area is 198 Å². The summed E-state index contributed by atoms with van der Waals surface area (Å²) in [6.45, 7) is 1.73. The molecule has 0 radical (unpaired) electrons. The van der Waals surface area contributed by atoms with E-state index in [-0.39, 0.29) is 11.4 Å². The van der Waals surface area contributed by atoms with Gasteiger partial charge in [-0.15, -0.1) is 0 Å². The zero-order chi connectivity index (χ0) is 24.5. The van der Waals surface area contributed by atoms with Crippen LogP contribution in [0.1, 0.15) is 16.2 Å². The number of carbonyl (C=O) groups excluding carboxylic acids is 1. The zero-order valence-corrected chi connectivity index (χ0v) is 19.6. The Bertz CT molecular complexity index is 1410. The van der Waals surface area contributed by atoms with Gasteiger partial charge in [-0.2, -0.15) is 5.10 Å². The molecule has 0 atom stereocenters. The van der Waals surface area contributed by atoms with Crippen LogP contribution < -0.4 is 15.6 Å². The average Bonchev–Trinajstić information content (AvgIpc) is 3.21. The standard InChI is InChI=1S/C21H22B3N7O3/c1-12-26-10-16(20(33)31(12)21(22,23)24)19(32)29-18-4-3-15(9-27-18)34-14-5-6-25-17(7-14)13-8-28-30(2)11-13/h3-11H,22-24H2,1-2H3,(H,27,29,32). The molecule has 10 nitrogen and oxygen atoms in total. The highest BCUT2D eigenvalue weighted by Gasteiger charge is 2.22. The topological polar surface area (TPSA) is 117 Å². The van der Waals surface area contributed by atoms with Crippen LogP contribution in [0.4, 0.5) is 5.82 Å². The summed E-state index contributed by atoms with van der Waals surface area (Å²) in [6.07, 6.45) is 8.02. The van der Waals surface area contributed by atoms with Crippen molar-refractivity contribution >= 4 is 35.3 Å². The van der Waals surface area contributed by atoms with E-state index in [0.29, 0.717) is 17.3 Å². The molecule has 0 bridgehead atoms. The Balaban J connectivity index is 1.48. The van der Waals surface area contributed by atoms with Gasteiger partial charge in [-0.1, -0.05) is 0 Å². The summed E-state index contributed by atoms with van der Waals surface area (Å²) in [6, 6.07) is 6.81. The molecule has 0 aliphatic carbocycles. The number of pyridine rings is 2. The van der Waals surface area contributed by atoms with Crippen LogP contribution in [0.3, 0.4) is 0 Å². The van der Waals surface area contributed by atoms with Crippen LogP contribution in [0.2, 0.25) is 0 Å². The van der Waals surface area contributed by atoms with E-state index >= 15 is 0 Å². The number of nitrogens with zero attached hydrogens (tertiary/aromatic N) is 6. The van der Waals surface area contributed by atoms with Gasteiger partial charge in [0.1, 0.15) is 52.2 Å². The second kappa shape index (κ2) is 9.01. The first-order valence-electron chi connectivity index (χ1n) is 10.6. The molecular formula is C21H22B3N7O3. The molecule has 4 aromatic heterocycles. The van der Waals surface area contributed by atoms with E-state index < -0.39 is 16.7 Å². The third-order valence-corrected chi connectivity index (χ3v) is 5.00. The predicted molar refractivity (Wildman–Crippen MR) is 136 cm³/mol. The van der Waals surface area contributed by atoms with Crippen molar-refractivity contribution in [2.45, 2.75) is 12.2 Å². The molecule has 0 saturated carbocycles. The third-order valence-electron chi connectivity index (χ3n) is 5.00. The number of aromatic nitrogens is 6. The molecule has 0 unspecified atom stereocenters. The molecular weight excluding hydrogens is 431 g/mol. The molecule has 1 N–H and O–H groups in total. The highest BCUT2D eigenvalue weighted by Crippen LogP contribution is 2.25. The van der Waals surface area contributed by atoms with Gasteiger partial charge in [0.05, 0.1) is 18.1 Å². The fourth-order valence-corrected chi connectivity index (χ4v) is 3.50. The van der Waals surface area contributed by atoms with Crippen molar-refractivity contribution in [2.24, 2.45) is 7.05 Å². The van der Waals surface area contributed by atoms with Crippen LogP contribution >= 0.6 is 0 Å². The van der Waals surface area contributed by atoms with Crippen LogP contribution in [0.15, 0.2) is 60.0 Å². The lowest BCUT2D eigenvalue weighted by atomic mass is 9.49. The van der Waals surface area contributed by atoms with E-state index in [1.807, 2.05) is 36.8 Å². The van der Waals surface area contributed by atoms with Crippen molar-refractivity contribution in [3.05, 3.63) is 77.0 Å². The van der Waals surface area contributed by atoms with Gasteiger partial charge in [-0.3, -0.25) is 19.3 Å². The van der Waals surface area contributed by atoms with Crippen molar-refractivity contribution < 1.29 is 9.53 Å². The third kappa shape index (κ3) is 4.93. The number of hydrogen-bond acceptors (Lipinski definition) is 7. The molecule has 4 heterocycles. The Hall–Kier alpha value is -4.15. The summed E-state index contributed by atoms with van der Waals surface area (Å²) in [7, 11) is 7.49. The van der Waals surface area contributed by atoms with Gasteiger partial charge >= 0.3 is 0 Å². The number of carbonyl (C=O) groups is 1. The van der Waals surface area contributed by atoms with Gasteiger partial charge in [0, 0.05) is 37.3 Å². The van der Waals surface area contributed by atoms with Crippen LogP contribution in [0.5, 0.6) is 11.5 Å². The van der Waals surface area contributed by atoms with Gasteiger partial charge in [0.15, 0.2) is 0 Å². The fraction of sp³-hybridized carbons (Fsp3) is 0.143. The van der Waals surface area contributed by atoms with E-state index in [4.69, 9.17) is 4.74 Å². The van der Waals surface area contributed by atoms with Crippen LogP contribution in [0.25, 0.3) is 11.3 Å². The smallest absolute Gasteiger partial charge is 0.264 e. The fourth-order valence-electron chi connectivity index (χ4n) is 3.50. The van der Waals surface area contributed by atoms with Crippen LogP contribution in [0, 0.1) is 6.92 Å². The largest absolute Gasteiger partial charge is 0.456 e. The van der Waals surface area contributed by atoms with Crippen molar-refractivity contribution in [3.63, 3.8) is 0 Å². The maximum atomic E-state index is 12.9. The van der Waals surface area contributed by atoms with Gasteiger partial charge in [-0.25, -0.2) is 9.97 Å². The lowest BCUT2D eigenvalue weighted by molar-refractivity contribution is 0.102. The van der Waals surface area contributed by atoms with Gasteiger partial charge < -0.3 is 14.6 Å². The zero-order valence-electron chi connectivity index (χ0n) is 19.6. The number of hydrogen-bond donors (Lipinski definition) is 1. The Kier molecular flexibility index (Phi) is 6.10. The Morgan fingerprint density at radius 3 is 2.50 bits per heavy atom. The lowest BCUT2D eigenvalue weighted by Crippen LogP contribution is -2.46. The minimum atomic E-state index is -0.577. The average molecular weight is 453 g/mol. The lowest BCUT2D eigenvalue weighted by Gasteiger charge is -2.24. The number of aryl methyl sites for hydroxylation is 2. The van der Waals surface area contributed by atoms with Crippen molar-refractivity contribution in [1.82, 2.24) is 29.3 Å². The molecule has 4 rings (SSSR count). The Morgan fingerprint density at radius 1 is 1.06 bits per heavy atom. The Morgan fingerprint density at radius 2 is 1.85 bits per heavy atom. The highest BCUT2D eigenvalue weighted by molar-refractivity contribution is 6.56. The summed E-state index contributed by atoms with van der Waals surface area (Å²) in [5.41, 5.74) is 1.15. The first-order chi connectivity index (χ1) is 16.1. The van der Waals surface area contributed by atoms with E-state index in [0.717, 1.165) is 11.3 Å². The maximum Gasteiger partial charge on any atom is 0.264 e. The normalized spacial score (nSPS) is 11.2. The van der Waals surface area contributed by atoms with E-state index in [9.17, 15) is 9.59 Å². The van der Waals surface area contributed by atoms with E-state index in [1.54, 1.807) is 48.3 Å². The van der Waals surface area contributed by atoms with Crippen molar-refractivity contribution in [2.75, 3.05) is 5.32 Å². The summed E-state index contributed by atoms with van der Waals surface area (Å²) in [5, 5.41) is 6.29. The van der Waals surface area contributed by atoms with Crippen molar-refractivity contribution in [3.8, 4) is 22.8 Å². The summed E-state index contributed by atoms with van der Waals surface area (Å²) < 4.78 is 9.07. The molecule has 0 fully saturated rings. The first kappa shape index (κ1) is 23.0. The molecule has 4 aromatic rings. The van der Waals surface area contributed by atoms with Gasteiger partial charge in [-0.05, 0) is 30.4 Å². The monoisotopic (exact) mass is 453 g/mol. The number of anilines is 1. The molecule has 13 heteroatoms. The SMILES string of the molecule is BC(B)(B)n1c(C)ncc(C(=O)Nc2ccc(Oc3ccnc(-c4cnn(C)c4)c3)cn2)c1=O. The molecule has 0 spiro atoms. The molecule has 0 aliphatic rings. The molecule has 1 amide bonds. The first-order valence-corrected chi connectivity index (χ1v) is 10.6. The summed E-state index contributed by atoms with van der Waals surface area (Å²) in [4.78, 5) is 38.4. The molecule has 34 heavy (non-hydrogen) atoms. The maximum absolute atomic E-state index is 12.9. The van der Waals surface area contributed by atoms with Crippen molar-refractivity contribution in [1.29, 1.82) is 0 Å². The van der Waals surface area contributed by atoms with Crippen LogP contribution in [-0.4, -0.2) is 58.7 Å². The summed E-state index contributed by atoms with van der Waals surface area (Å²) in [5.74, 6) is 1.31. The highest BCUT2D eigenvalue weighted by atomic mass is 16.5. The minimum Gasteiger partial charge on any atom is -0.456 e. The molecule has 0 aliphatic heterocycles. The van der Waals surface area contributed by atoms with E-state index in [2.05, 4.69) is 25.4 Å². The van der Waals surface area contributed by atoms with E-state index in [1.165, 1.54) is 17.0 Å². The number of amides is 1. The predicted octanol–water partition coefficient (Wildman–Crippen LogP) is -0.746. The number of nitrogens with one attached hydrogen (secondary N) is 1. The molecule has 0 saturated heterocycles. The minimum absolute atomic E-state index is 0.0534. The second-order valence-corrected chi connectivity index (χ2v) is 8.75. The number of ether oxygens (including phenoxy) is 1. The molecule has 0 aromatic carbocycles. The molecule has 168 valence electrons. The van der Waals surface area contributed by atoms with Crippen LogP contribution in [-0.2, 0) is 12.3 Å². The van der Waals surface area contributed by atoms with Gasteiger partial charge in [0.25, 0.3) is 11.5 Å². The second-order valence-electron chi connectivity index (χ2n) is 8.75. The van der Waals surface area contributed by atoms with Gasteiger partial charge in [0.2, 0.25) is 0 Å². The number of rotatable bonds is 6.